The number of ether oxygens (including phenoxy) is 1. The van der Waals surface area contributed by atoms with Gasteiger partial charge in [0.15, 0.2) is 0 Å². The molecule has 2 aromatic carbocycles. The van der Waals surface area contributed by atoms with E-state index in [2.05, 4.69) is 22.9 Å². The number of thiophene rings is 1. The van der Waals surface area contributed by atoms with E-state index in [0.29, 0.717) is 18.5 Å². The summed E-state index contributed by atoms with van der Waals surface area (Å²) in [6, 6.07) is 15.7. The van der Waals surface area contributed by atoms with Crippen molar-refractivity contribution < 1.29 is 14.2 Å². The first kappa shape index (κ1) is 20.5. The first-order chi connectivity index (χ1) is 15.1. The highest BCUT2D eigenvalue weighted by Gasteiger charge is 2.29. The van der Waals surface area contributed by atoms with Crippen molar-refractivity contribution in [3.05, 3.63) is 65.4 Å². The molecule has 3 atom stereocenters. The van der Waals surface area contributed by atoms with Gasteiger partial charge in [-0.1, -0.05) is 18.2 Å². The van der Waals surface area contributed by atoms with Crippen molar-refractivity contribution in [2.75, 3.05) is 19.7 Å². The van der Waals surface area contributed by atoms with Gasteiger partial charge >= 0.3 is 0 Å². The molecule has 31 heavy (non-hydrogen) atoms. The number of fused-ring (bicyclic) bond motifs is 2. The second kappa shape index (κ2) is 8.61. The first-order valence-electron chi connectivity index (χ1n) is 10.9. The smallest absolute Gasteiger partial charge is 0.140 e. The summed E-state index contributed by atoms with van der Waals surface area (Å²) >= 11 is 1.59. The maximum absolute atomic E-state index is 14.1. The number of hydrogen-bond donors (Lipinski definition) is 2. The number of halogens is 1. The Kier molecular flexibility index (Phi) is 5.69. The van der Waals surface area contributed by atoms with Crippen LogP contribution in [-0.4, -0.2) is 46.8 Å². The minimum atomic E-state index is -0.549. The largest absolute Gasteiger partial charge is 0.490 e. The number of β-amino-alcohol motifs (C(OH)–C–C–N with tert-alkyl or cyclic N) is 1. The molecule has 0 amide bonds. The molecule has 3 heterocycles. The van der Waals surface area contributed by atoms with Crippen LogP contribution in [0, 0.1) is 5.82 Å². The van der Waals surface area contributed by atoms with Gasteiger partial charge in [-0.15, -0.1) is 11.3 Å². The second-order valence-corrected chi connectivity index (χ2v) is 9.62. The molecule has 4 aromatic rings. The van der Waals surface area contributed by atoms with Gasteiger partial charge in [0.2, 0.25) is 0 Å². The molecular formula is C25H27FN2O2S. The Morgan fingerprint density at radius 1 is 1.26 bits per heavy atom. The lowest BCUT2D eigenvalue weighted by Crippen LogP contribution is -2.45. The summed E-state index contributed by atoms with van der Waals surface area (Å²) in [7, 11) is 0. The maximum Gasteiger partial charge on any atom is 0.140 e. The van der Waals surface area contributed by atoms with Gasteiger partial charge in [-0.3, -0.25) is 4.90 Å². The van der Waals surface area contributed by atoms with E-state index in [0.717, 1.165) is 46.1 Å². The van der Waals surface area contributed by atoms with E-state index < -0.39 is 6.10 Å². The molecule has 6 heteroatoms. The number of benzene rings is 2. The molecule has 2 N–H and O–H groups in total. The van der Waals surface area contributed by atoms with Crippen LogP contribution in [-0.2, 0) is 0 Å². The number of H-pyrrole nitrogens is 1. The zero-order valence-corrected chi connectivity index (χ0v) is 18.4. The molecule has 5 rings (SSSR count). The molecule has 0 spiro atoms. The van der Waals surface area contributed by atoms with Crippen molar-refractivity contribution in [2.24, 2.45) is 0 Å². The lowest BCUT2D eigenvalue weighted by atomic mass is 9.90. The fraction of sp³-hybridized carbons (Fsp3) is 0.360. The number of nitrogens with one attached hydrogen (secondary N) is 1. The van der Waals surface area contributed by atoms with Gasteiger partial charge in [-0.2, -0.15) is 0 Å². The summed E-state index contributed by atoms with van der Waals surface area (Å²) in [4.78, 5) is 6.79. The van der Waals surface area contributed by atoms with Crippen molar-refractivity contribution >= 4 is 32.3 Å². The SMILES string of the molecule is CC1C[C@H](c2cc3cccc(F)c3s2)CCN1C[C@H](O)COc1cccc2[nH]ccc12. The minimum Gasteiger partial charge on any atom is -0.490 e. The van der Waals surface area contributed by atoms with Gasteiger partial charge in [-0.05, 0) is 67.9 Å². The summed E-state index contributed by atoms with van der Waals surface area (Å²) < 4.78 is 20.8. The highest BCUT2D eigenvalue weighted by Crippen LogP contribution is 2.39. The summed E-state index contributed by atoms with van der Waals surface area (Å²) in [5.41, 5.74) is 1.03. The second-order valence-electron chi connectivity index (χ2n) is 8.53. The summed E-state index contributed by atoms with van der Waals surface area (Å²) in [5, 5.41) is 12.6. The number of hydrogen-bond acceptors (Lipinski definition) is 4. The molecule has 1 unspecified atom stereocenters. The summed E-state index contributed by atoms with van der Waals surface area (Å²) in [5.74, 6) is 1.11. The van der Waals surface area contributed by atoms with Crippen LogP contribution < -0.4 is 4.74 Å². The molecule has 0 bridgehead atoms. The van der Waals surface area contributed by atoms with Crippen LogP contribution in [0.2, 0.25) is 0 Å². The highest BCUT2D eigenvalue weighted by molar-refractivity contribution is 7.19. The third-order valence-electron chi connectivity index (χ3n) is 6.36. The predicted molar refractivity (Wildman–Crippen MR) is 125 cm³/mol. The highest BCUT2D eigenvalue weighted by atomic mass is 32.1. The van der Waals surface area contributed by atoms with E-state index in [1.807, 2.05) is 36.5 Å². The molecule has 4 nitrogen and oxygen atoms in total. The lowest BCUT2D eigenvalue weighted by Gasteiger charge is -2.38. The topological polar surface area (TPSA) is 48.5 Å². The quantitative estimate of drug-likeness (QED) is 0.416. The zero-order valence-electron chi connectivity index (χ0n) is 17.6. The van der Waals surface area contributed by atoms with E-state index in [-0.39, 0.29) is 12.4 Å². The Bertz CT molecular complexity index is 1190. The van der Waals surface area contributed by atoms with Crippen LogP contribution >= 0.6 is 11.3 Å². The van der Waals surface area contributed by atoms with Crippen LogP contribution in [0.25, 0.3) is 21.0 Å². The molecule has 1 aliphatic heterocycles. The van der Waals surface area contributed by atoms with E-state index in [4.69, 9.17) is 4.74 Å². The van der Waals surface area contributed by atoms with Crippen molar-refractivity contribution in [3.63, 3.8) is 0 Å². The average Bonchev–Trinajstić information content (AvgIpc) is 3.41. The number of aromatic amines is 1. The third-order valence-corrected chi connectivity index (χ3v) is 7.68. The van der Waals surface area contributed by atoms with Gasteiger partial charge in [-0.25, -0.2) is 4.39 Å². The first-order valence-corrected chi connectivity index (χ1v) is 11.7. The van der Waals surface area contributed by atoms with Gasteiger partial charge in [0.05, 0.1) is 4.70 Å². The Balaban J connectivity index is 1.18. The maximum atomic E-state index is 14.1. The molecule has 0 saturated carbocycles. The van der Waals surface area contributed by atoms with Gasteiger partial charge in [0.25, 0.3) is 0 Å². The molecule has 0 aliphatic carbocycles. The lowest BCUT2D eigenvalue weighted by molar-refractivity contribution is 0.0408. The predicted octanol–water partition coefficient (Wildman–Crippen LogP) is 5.53. The average molecular weight is 439 g/mol. The number of aliphatic hydroxyl groups is 1. The number of piperidine rings is 1. The molecule has 162 valence electrons. The number of aliphatic hydroxyl groups excluding tert-OH is 1. The Labute approximate surface area is 185 Å². The van der Waals surface area contributed by atoms with E-state index >= 15 is 0 Å². The van der Waals surface area contributed by atoms with Crippen LogP contribution in [0.15, 0.2) is 54.7 Å². The number of rotatable bonds is 6. The number of aromatic nitrogens is 1. The van der Waals surface area contributed by atoms with Crippen molar-refractivity contribution in [1.82, 2.24) is 9.88 Å². The van der Waals surface area contributed by atoms with E-state index in [1.54, 1.807) is 17.4 Å². The van der Waals surface area contributed by atoms with Crippen molar-refractivity contribution in [2.45, 2.75) is 37.8 Å². The summed E-state index contributed by atoms with van der Waals surface area (Å²) in [6.45, 7) is 4.01. The van der Waals surface area contributed by atoms with Gasteiger partial charge in [0.1, 0.15) is 24.3 Å². The number of nitrogens with zero attached hydrogens (tertiary/aromatic N) is 1. The fourth-order valence-electron chi connectivity index (χ4n) is 4.69. The van der Waals surface area contributed by atoms with E-state index in [9.17, 15) is 9.50 Å². The Hall–Kier alpha value is -2.41. The molecule has 1 aliphatic rings. The minimum absolute atomic E-state index is 0.127. The van der Waals surface area contributed by atoms with Crippen LogP contribution in [0.1, 0.15) is 30.6 Å². The molecule has 0 radical (unpaired) electrons. The standard InChI is InChI=1S/C25H27FN2O2S/c1-16-12-17(24-13-18-4-2-5-21(26)25(18)31-24)9-11-28(16)14-19(29)15-30-23-7-3-6-22-20(23)8-10-27-22/h2-8,10,13,16-17,19,27,29H,9,11-12,14-15H2,1H3/t16?,17-,19+/m1/s1. The molecule has 2 aromatic heterocycles. The fourth-order valence-corrected chi connectivity index (χ4v) is 5.90. The summed E-state index contributed by atoms with van der Waals surface area (Å²) in [6.07, 6.45) is 3.39. The molecular weight excluding hydrogens is 411 g/mol. The van der Waals surface area contributed by atoms with Crippen LogP contribution in [0.5, 0.6) is 5.75 Å². The van der Waals surface area contributed by atoms with Gasteiger partial charge in [0, 0.05) is 34.6 Å². The zero-order chi connectivity index (χ0) is 21.4. The normalized spacial score (nSPS) is 21.0. The Morgan fingerprint density at radius 3 is 2.97 bits per heavy atom. The van der Waals surface area contributed by atoms with Crippen molar-refractivity contribution in [1.29, 1.82) is 0 Å². The van der Waals surface area contributed by atoms with Crippen LogP contribution in [0.4, 0.5) is 4.39 Å². The third kappa shape index (κ3) is 4.20. The van der Waals surface area contributed by atoms with Crippen LogP contribution in [0.3, 0.4) is 0 Å². The molecule has 1 saturated heterocycles. The van der Waals surface area contributed by atoms with E-state index in [1.165, 1.54) is 10.9 Å². The molecule has 1 fully saturated rings. The number of likely N-dealkylation sites (tertiary alicyclic amines) is 1. The van der Waals surface area contributed by atoms with Gasteiger partial charge < -0.3 is 14.8 Å². The monoisotopic (exact) mass is 438 g/mol. The van der Waals surface area contributed by atoms with Crippen molar-refractivity contribution in [3.8, 4) is 5.75 Å². The Morgan fingerprint density at radius 2 is 2.13 bits per heavy atom.